The van der Waals surface area contributed by atoms with Crippen LogP contribution in [0.5, 0.6) is 0 Å². The number of aromatic nitrogens is 2. The van der Waals surface area contributed by atoms with Crippen molar-refractivity contribution in [2.75, 3.05) is 0 Å². The largest absolute Gasteiger partial charge is 0.370 e. The number of nitrogens with two attached hydrogens (primary N) is 1. The molecule has 0 aliphatic rings. The lowest BCUT2D eigenvalue weighted by Crippen LogP contribution is -2.30. The van der Waals surface area contributed by atoms with Gasteiger partial charge in [0.25, 0.3) is 0 Å². The average Bonchev–Trinajstić information content (AvgIpc) is 2.96. The van der Waals surface area contributed by atoms with Crippen LogP contribution in [0.1, 0.15) is 18.9 Å². The highest BCUT2D eigenvalue weighted by molar-refractivity contribution is 7.13. The minimum absolute atomic E-state index is 0.0635. The van der Waals surface area contributed by atoms with Gasteiger partial charge in [0.1, 0.15) is 0 Å². The number of amides is 1. The van der Waals surface area contributed by atoms with Crippen molar-refractivity contribution in [2.24, 2.45) is 5.73 Å². The van der Waals surface area contributed by atoms with Crippen molar-refractivity contribution in [2.45, 2.75) is 25.9 Å². The van der Waals surface area contributed by atoms with Crippen LogP contribution in [0.25, 0.3) is 10.6 Å². The van der Waals surface area contributed by atoms with E-state index < -0.39 is 0 Å². The fourth-order valence-corrected chi connectivity index (χ4v) is 2.49. The molecule has 1 atom stereocenters. The molecule has 0 aromatic carbocycles. The summed E-state index contributed by atoms with van der Waals surface area (Å²) in [6.07, 6.45) is 2.14. The van der Waals surface area contributed by atoms with Crippen LogP contribution in [0.15, 0.2) is 23.7 Å². The minimum Gasteiger partial charge on any atom is -0.370 e. The third-order valence-corrected chi connectivity index (χ3v) is 3.52. The summed E-state index contributed by atoms with van der Waals surface area (Å²) in [4.78, 5) is 11.9. The molecular weight excluding hydrogens is 248 g/mol. The first-order valence-electron chi connectivity index (χ1n) is 5.74. The number of H-pyrrole nitrogens is 1. The molecule has 96 valence electrons. The summed E-state index contributed by atoms with van der Waals surface area (Å²) >= 11 is 1.67. The van der Waals surface area contributed by atoms with Gasteiger partial charge >= 0.3 is 0 Å². The molecule has 0 bridgehead atoms. The predicted octanol–water partition coefficient (Wildman–Crippen LogP) is 1.49. The van der Waals surface area contributed by atoms with E-state index in [1.807, 2.05) is 18.4 Å². The van der Waals surface area contributed by atoms with Gasteiger partial charge < -0.3 is 11.1 Å². The SMILES string of the molecule is CC(CC(N)=O)NCc1cn[nH]c1-c1cccs1. The lowest BCUT2D eigenvalue weighted by Gasteiger charge is -2.11. The molecule has 5 nitrogen and oxygen atoms in total. The highest BCUT2D eigenvalue weighted by Crippen LogP contribution is 2.25. The lowest BCUT2D eigenvalue weighted by molar-refractivity contribution is -0.118. The molecule has 1 unspecified atom stereocenters. The van der Waals surface area contributed by atoms with Crippen LogP contribution in [0.4, 0.5) is 0 Å². The Hall–Kier alpha value is -1.66. The summed E-state index contributed by atoms with van der Waals surface area (Å²) in [6.45, 7) is 2.60. The molecule has 0 saturated heterocycles. The summed E-state index contributed by atoms with van der Waals surface area (Å²) in [5, 5.41) is 12.4. The molecule has 18 heavy (non-hydrogen) atoms. The Morgan fingerprint density at radius 3 is 3.17 bits per heavy atom. The molecule has 0 spiro atoms. The van der Waals surface area contributed by atoms with Crippen LogP contribution in [0.2, 0.25) is 0 Å². The third kappa shape index (κ3) is 3.18. The van der Waals surface area contributed by atoms with E-state index in [-0.39, 0.29) is 11.9 Å². The van der Waals surface area contributed by atoms with Crippen molar-refractivity contribution in [1.29, 1.82) is 0 Å². The highest BCUT2D eigenvalue weighted by Gasteiger charge is 2.10. The Morgan fingerprint density at radius 2 is 2.50 bits per heavy atom. The van der Waals surface area contributed by atoms with Crippen molar-refractivity contribution in [3.05, 3.63) is 29.3 Å². The molecule has 2 aromatic heterocycles. The van der Waals surface area contributed by atoms with E-state index in [9.17, 15) is 4.79 Å². The van der Waals surface area contributed by atoms with Crippen LogP contribution >= 0.6 is 11.3 Å². The van der Waals surface area contributed by atoms with Crippen LogP contribution in [0.3, 0.4) is 0 Å². The molecule has 2 rings (SSSR count). The number of primary amides is 1. The summed E-state index contributed by atoms with van der Waals surface area (Å²) in [5.41, 5.74) is 7.28. The number of thiophene rings is 1. The van der Waals surface area contributed by atoms with Crippen LogP contribution < -0.4 is 11.1 Å². The van der Waals surface area contributed by atoms with E-state index in [0.717, 1.165) is 16.1 Å². The molecule has 0 aliphatic heterocycles. The first kappa shape index (κ1) is 12.8. The number of aromatic amines is 1. The maximum atomic E-state index is 10.8. The minimum atomic E-state index is -0.291. The van der Waals surface area contributed by atoms with Crippen LogP contribution in [0, 0.1) is 0 Å². The van der Waals surface area contributed by atoms with Crippen molar-refractivity contribution in [1.82, 2.24) is 15.5 Å². The number of hydrogen-bond acceptors (Lipinski definition) is 4. The van der Waals surface area contributed by atoms with Crippen LogP contribution in [-0.2, 0) is 11.3 Å². The zero-order valence-electron chi connectivity index (χ0n) is 10.1. The molecule has 2 heterocycles. The number of rotatable bonds is 6. The van der Waals surface area contributed by atoms with Gasteiger partial charge in [0.05, 0.1) is 16.8 Å². The maximum absolute atomic E-state index is 10.8. The zero-order chi connectivity index (χ0) is 13.0. The van der Waals surface area contributed by atoms with Crippen molar-refractivity contribution >= 4 is 17.2 Å². The molecular formula is C12H16N4OS. The standard InChI is InChI=1S/C12H16N4OS/c1-8(5-11(13)17)14-6-9-7-15-16-12(9)10-3-2-4-18-10/h2-4,7-8,14H,5-6H2,1H3,(H2,13,17)(H,15,16). The third-order valence-electron chi connectivity index (χ3n) is 2.63. The molecule has 6 heteroatoms. The summed E-state index contributed by atoms with van der Waals surface area (Å²) < 4.78 is 0. The summed E-state index contributed by atoms with van der Waals surface area (Å²) in [7, 11) is 0. The molecule has 0 radical (unpaired) electrons. The van der Waals surface area contributed by atoms with Crippen molar-refractivity contribution < 1.29 is 4.79 Å². The number of nitrogens with one attached hydrogen (secondary N) is 2. The predicted molar refractivity (Wildman–Crippen MR) is 72.0 cm³/mol. The van der Waals surface area contributed by atoms with Gasteiger partial charge in [-0.2, -0.15) is 5.10 Å². The Labute approximate surface area is 109 Å². The monoisotopic (exact) mass is 264 g/mol. The van der Waals surface area contributed by atoms with E-state index in [1.165, 1.54) is 0 Å². The first-order chi connectivity index (χ1) is 8.66. The number of carbonyl (C=O) groups excluding carboxylic acids is 1. The lowest BCUT2D eigenvalue weighted by atomic mass is 10.2. The van der Waals surface area contributed by atoms with Crippen LogP contribution in [-0.4, -0.2) is 22.1 Å². The molecule has 2 aromatic rings. The Bertz CT molecular complexity index is 506. The zero-order valence-corrected chi connectivity index (χ0v) is 11.0. The fraction of sp³-hybridized carbons (Fsp3) is 0.333. The fourth-order valence-electron chi connectivity index (χ4n) is 1.74. The van der Waals surface area contributed by atoms with E-state index in [1.54, 1.807) is 17.5 Å². The quantitative estimate of drug-likeness (QED) is 0.739. The Kier molecular flexibility index (Phi) is 4.11. The second-order valence-corrected chi connectivity index (χ2v) is 5.15. The molecule has 1 amide bonds. The average molecular weight is 264 g/mol. The van der Waals surface area contributed by atoms with E-state index in [4.69, 9.17) is 5.73 Å². The highest BCUT2D eigenvalue weighted by atomic mass is 32.1. The number of carbonyl (C=O) groups is 1. The number of nitrogens with zero attached hydrogens (tertiary/aromatic N) is 1. The topological polar surface area (TPSA) is 83.8 Å². The van der Waals surface area contributed by atoms with Gasteiger partial charge in [0, 0.05) is 24.6 Å². The second-order valence-electron chi connectivity index (χ2n) is 4.20. The van der Waals surface area contributed by atoms with Crippen molar-refractivity contribution in [3.63, 3.8) is 0 Å². The smallest absolute Gasteiger partial charge is 0.218 e. The summed E-state index contributed by atoms with van der Waals surface area (Å²) in [6, 6.07) is 4.12. The van der Waals surface area contributed by atoms with Gasteiger partial charge in [-0.3, -0.25) is 9.89 Å². The van der Waals surface area contributed by atoms with Gasteiger partial charge in [-0.25, -0.2) is 0 Å². The van der Waals surface area contributed by atoms with Gasteiger partial charge in [-0.1, -0.05) is 6.07 Å². The first-order valence-corrected chi connectivity index (χ1v) is 6.62. The molecule has 0 saturated carbocycles. The maximum Gasteiger partial charge on any atom is 0.218 e. The molecule has 4 N–H and O–H groups in total. The van der Waals surface area contributed by atoms with Gasteiger partial charge in [-0.05, 0) is 18.4 Å². The van der Waals surface area contributed by atoms with Gasteiger partial charge in [0.2, 0.25) is 5.91 Å². The van der Waals surface area contributed by atoms with E-state index in [0.29, 0.717) is 13.0 Å². The van der Waals surface area contributed by atoms with Gasteiger partial charge in [0.15, 0.2) is 0 Å². The Morgan fingerprint density at radius 1 is 1.67 bits per heavy atom. The Balaban J connectivity index is 1.98. The van der Waals surface area contributed by atoms with Crippen molar-refractivity contribution in [3.8, 4) is 10.6 Å². The second kappa shape index (κ2) is 5.79. The van der Waals surface area contributed by atoms with E-state index >= 15 is 0 Å². The number of hydrogen-bond donors (Lipinski definition) is 3. The molecule has 0 aliphatic carbocycles. The summed E-state index contributed by atoms with van der Waals surface area (Å²) in [5.74, 6) is -0.291. The van der Waals surface area contributed by atoms with Gasteiger partial charge in [-0.15, -0.1) is 11.3 Å². The molecule has 0 fully saturated rings. The van der Waals surface area contributed by atoms with E-state index in [2.05, 4.69) is 21.6 Å². The normalized spacial score (nSPS) is 12.5.